The molecule has 2 heteroatoms. The molecule has 1 fully saturated rings. The molecule has 0 radical (unpaired) electrons. The Balaban J connectivity index is 1.89. The van der Waals surface area contributed by atoms with Crippen molar-refractivity contribution >= 4 is 0 Å². The number of hydrogen-bond acceptors (Lipinski definition) is 2. The molecule has 1 saturated carbocycles. The van der Waals surface area contributed by atoms with Gasteiger partial charge in [0.2, 0.25) is 0 Å². The van der Waals surface area contributed by atoms with Gasteiger partial charge in [0.05, 0.1) is 0 Å². The lowest BCUT2D eigenvalue weighted by atomic mass is 9.96. The Labute approximate surface area is 117 Å². The summed E-state index contributed by atoms with van der Waals surface area (Å²) < 4.78 is 0. The van der Waals surface area contributed by atoms with Gasteiger partial charge in [0, 0.05) is 18.6 Å². The first-order valence-electron chi connectivity index (χ1n) is 7.94. The molecule has 3 rings (SSSR count). The molecule has 2 aliphatic rings. The van der Waals surface area contributed by atoms with E-state index < -0.39 is 0 Å². The predicted octanol–water partition coefficient (Wildman–Crippen LogP) is 3.49. The molecule has 104 valence electrons. The van der Waals surface area contributed by atoms with E-state index in [1.807, 2.05) is 0 Å². The quantitative estimate of drug-likeness (QED) is 0.893. The molecular formula is C17H26N2. The van der Waals surface area contributed by atoms with E-state index in [-0.39, 0.29) is 0 Å². The summed E-state index contributed by atoms with van der Waals surface area (Å²) >= 11 is 0. The molecule has 0 spiro atoms. The minimum absolute atomic E-state index is 0.624. The maximum atomic E-state index is 3.58. The van der Waals surface area contributed by atoms with Crippen molar-refractivity contribution in [3.63, 3.8) is 0 Å². The van der Waals surface area contributed by atoms with E-state index >= 15 is 0 Å². The fraction of sp³-hybridized carbons (Fsp3) is 0.647. The van der Waals surface area contributed by atoms with Crippen molar-refractivity contribution in [1.29, 1.82) is 0 Å². The molecule has 0 saturated heterocycles. The number of nitrogens with one attached hydrogen (secondary N) is 1. The number of rotatable bonds is 3. The maximum absolute atomic E-state index is 3.58. The van der Waals surface area contributed by atoms with E-state index in [4.69, 9.17) is 0 Å². The summed E-state index contributed by atoms with van der Waals surface area (Å²) in [5.74, 6) is 0. The van der Waals surface area contributed by atoms with Crippen molar-refractivity contribution in [2.75, 3.05) is 13.1 Å². The van der Waals surface area contributed by atoms with Crippen LogP contribution in [0.4, 0.5) is 0 Å². The zero-order chi connectivity index (χ0) is 13.1. The van der Waals surface area contributed by atoms with E-state index in [1.165, 1.54) is 44.2 Å². The Morgan fingerprint density at radius 1 is 1.16 bits per heavy atom. The van der Waals surface area contributed by atoms with Gasteiger partial charge in [-0.1, -0.05) is 44.0 Å². The smallest absolute Gasteiger partial charge is 0.0366 e. The first-order valence-corrected chi connectivity index (χ1v) is 7.94. The van der Waals surface area contributed by atoms with Crippen molar-refractivity contribution in [3.05, 3.63) is 35.4 Å². The summed E-state index contributed by atoms with van der Waals surface area (Å²) in [7, 11) is 0. The summed E-state index contributed by atoms with van der Waals surface area (Å²) in [6.45, 7) is 5.69. The van der Waals surface area contributed by atoms with Gasteiger partial charge in [-0.3, -0.25) is 4.90 Å². The summed E-state index contributed by atoms with van der Waals surface area (Å²) in [5, 5.41) is 3.58. The van der Waals surface area contributed by atoms with Crippen LogP contribution in [-0.2, 0) is 6.54 Å². The molecule has 1 aromatic carbocycles. The molecule has 1 unspecified atom stereocenters. The number of benzene rings is 1. The van der Waals surface area contributed by atoms with Gasteiger partial charge in [0.1, 0.15) is 0 Å². The van der Waals surface area contributed by atoms with Gasteiger partial charge >= 0.3 is 0 Å². The highest BCUT2D eigenvalue weighted by Crippen LogP contribution is 2.35. The molecule has 0 bridgehead atoms. The number of nitrogens with zero attached hydrogens (tertiary/aromatic N) is 1. The lowest BCUT2D eigenvalue weighted by molar-refractivity contribution is 0.137. The molecule has 19 heavy (non-hydrogen) atoms. The average molecular weight is 258 g/mol. The lowest BCUT2D eigenvalue weighted by Crippen LogP contribution is -2.37. The second-order valence-corrected chi connectivity index (χ2v) is 5.95. The Morgan fingerprint density at radius 2 is 1.95 bits per heavy atom. The van der Waals surface area contributed by atoms with Crippen molar-refractivity contribution in [3.8, 4) is 0 Å². The van der Waals surface area contributed by atoms with Gasteiger partial charge < -0.3 is 5.32 Å². The lowest BCUT2D eigenvalue weighted by Gasteiger charge is -2.36. The van der Waals surface area contributed by atoms with Crippen LogP contribution in [0.25, 0.3) is 0 Å². The van der Waals surface area contributed by atoms with Gasteiger partial charge in [0.25, 0.3) is 0 Å². The van der Waals surface area contributed by atoms with Gasteiger partial charge in [-0.2, -0.15) is 0 Å². The van der Waals surface area contributed by atoms with E-state index in [0.717, 1.165) is 19.1 Å². The Bertz CT molecular complexity index is 409. The molecule has 1 aromatic rings. The predicted molar refractivity (Wildman–Crippen MR) is 80.1 cm³/mol. The molecule has 1 heterocycles. The monoisotopic (exact) mass is 258 g/mol. The van der Waals surface area contributed by atoms with Crippen LogP contribution >= 0.6 is 0 Å². The molecule has 1 aliphatic carbocycles. The van der Waals surface area contributed by atoms with Crippen LogP contribution < -0.4 is 5.32 Å². The van der Waals surface area contributed by atoms with Crippen LogP contribution in [-0.4, -0.2) is 24.0 Å². The zero-order valence-electron chi connectivity index (χ0n) is 12.1. The van der Waals surface area contributed by atoms with Crippen LogP contribution in [0.1, 0.15) is 56.2 Å². The van der Waals surface area contributed by atoms with E-state index in [9.17, 15) is 0 Å². The fourth-order valence-electron chi connectivity index (χ4n) is 3.95. The first kappa shape index (κ1) is 13.1. The third kappa shape index (κ3) is 2.70. The summed E-state index contributed by atoms with van der Waals surface area (Å²) in [4.78, 5) is 2.78. The molecule has 1 aliphatic heterocycles. The van der Waals surface area contributed by atoms with Crippen molar-refractivity contribution in [1.82, 2.24) is 10.2 Å². The van der Waals surface area contributed by atoms with Crippen LogP contribution in [0.2, 0.25) is 0 Å². The van der Waals surface area contributed by atoms with E-state index in [0.29, 0.717) is 6.04 Å². The van der Waals surface area contributed by atoms with Crippen LogP contribution in [0.15, 0.2) is 24.3 Å². The minimum Gasteiger partial charge on any atom is -0.313 e. The molecule has 0 amide bonds. The van der Waals surface area contributed by atoms with Crippen molar-refractivity contribution < 1.29 is 0 Å². The number of hydrogen-bond donors (Lipinski definition) is 1. The largest absolute Gasteiger partial charge is 0.313 e. The third-order valence-electron chi connectivity index (χ3n) is 4.88. The number of fused-ring (bicyclic) bond motifs is 1. The standard InChI is InChI=1S/C17H26N2/c1-2-19(15-8-4-5-9-15)17-11-12-18-13-14-7-3-6-10-16(14)17/h3,6-7,10,15,17-18H,2,4-5,8-9,11-13H2,1H3. The highest BCUT2D eigenvalue weighted by molar-refractivity contribution is 5.31. The van der Waals surface area contributed by atoms with Gasteiger partial charge in [0.15, 0.2) is 0 Å². The zero-order valence-corrected chi connectivity index (χ0v) is 12.1. The van der Waals surface area contributed by atoms with Gasteiger partial charge in [-0.15, -0.1) is 0 Å². The van der Waals surface area contributed by atoms with Gasteiger partial charge in [-0.25, -0.2) is 0 Å². The second kappa shape index (κ2) is 6.06. The van der Waals surface area contributed by atoms with Gasteiger partial charge in [-0.05, 0) is 43.5 Å². The van der Waals surface area contributed by atoms with Crippen LogP contribution in [0, 0.1) is 0 Å². The van der Waals surface area contributed by atoms with Crippen molar-refractivity contribution in [2.24, 2.45) is 0 Å². The summed E-state index contributed by atoms with van der Waals surface area (Å²) in [6, 6.07) is 10.5. The van der Waals surface area contributed by atoms with Crippen LogP contribution in [0.3, 0.4) is 0 Å². The SMILES string of the molecule is CCN(C1CCCC1)C1CCNCc2ccccc21. The molecule has 1 N–H and O–H groups in total. The Kier molecular flexibility index (Phi) is 4.19. The highest BCUT2D eigenvalue weighted by Gasteiger charge is 2.30. The molecule has 0 aromatic heterocycles. The fourth-order valence-corrected chi connectivity index (χ4v) is 3.95. The summed E-state index contributed by atoms with van der Waals surface area (Å²) in [5.41, 5.74) is 3.07. The first-order chi connectivity index (χ1) is 9.40. The maximum Gasteiger partial charge on any atom is 0.0366 e. The summed E-state index contributed by atoms with van der Waals surface area (Å²) in [6.07, 6.45) is 6.91. The molecule has 1 atom stereocenters. The Hall–Kier alpha value is -0.860. The minimum atomic E-state index is 0.624. The molecule has 2 nitrogen and oxygen atoms in total. The average Bonchev–Trinajstić information content (AvgIpc) is 2.88. The van der Waals surface area contributed by atoms with Crippen LogP contribution in [0.5, 0.6) is 0 Å². The highest BCUT2D eigenvalue weighted by atomic mass is 15.2. The normalized spacial score (nSPS) is 24.4. The topological polar surface area (TPSA) is 15.3 Å². The Morgan fingerprint density at radius 3 is 2.74 bits per heavy atom. The van der Waals surface area contributed by atoms with E-state index in [2.05, 4.69) is 41.4 Å². The second-order valence-electron chi connectivity index (χ2n) is 5.95. The van der Waals surface area contributed by atoms with Crippen molar-refractivity contribution in [2.45, 2.75) is 57.7 Å². The van der Waals surface area contributed by atoms with E-state index in [1.54, 1.807) is 5.56 Å². The molecular weight excluding hydrogens is 232 g/mol. The third-order valence-corrected chi connectivity index (χ3v) is 4.88.